The van der Waals surface area contributed by atoms with E-state index in [4.69, 9.17) is 0 Å². The highest BCUT2D eigenvalue weighted by Crippen LogP contribution is 2.19. The number of imidazole rings is 1. The number of para-hydroxylation sites is 2. The largest absolute Gasteiger partial charge is 0.339 e. The number of nitrogens with one attached hydrogen (secondary N) is 1. The van der Waals surface area contributed by atoms with Crippen molar-refractivity contribution in [1.82, 2.24) is 14.9 Å². The summed E-state index contributed by atoms with van der Waals surface area (Å²) in [5.41, 5.74) is 2.31. The van der Waals surface area contributed by atoms with E-state index in [1.54, 1.807) is 17.0 Å². The van der Waals surface area contributed by atoms with Gasteiger partial charge in [-0.3, -0.25) is 4.79 Å². The molecule has 1 aliphatic heterocycles. The van der Waals surface area contributed by atoms with E-state index in [0.717, 1.165) is 23.2 Å². The summed E-state index contributed by atoms with van der Waals surface area (Å²) in [7, 11) is -3.34. The van der Waals surface area contributed by atoms with E-state index in [-0.39, 0.29) is 10.8 Å². The van der Waals surface area contributed by atoms with Gasteiger partial charge in [0, 0.05) is 38.0 Å². The molecule has 0 saturated carbocycles. The van der Waals surface area contributed by atoms with Gasteiger partial charge in [-0.15, -0.1) is 0 Å². The quantitative estimate of drug-likeness (QED) is 0.746. The maximum atomic E-state index is 12.8. The van der Waals surface area contributed by atoms with Crippen LogP contribution in [-0.2, 0) is 9.84 Å². The second-order valence-electron chi connectivity index (χ2n) is 6.66. The van der Waals surface area contributed by atoms with Crippen molar-refractivity contribution in [3.63, 3.8) is 0 Å². The molecule has 0 aliphatic carbocycles. The fourth-order valence-electron chi connectivity index (χ4n) is 3.25. The molecule has 1 aromatic heterocycles. The van der Waals surface area contributed by atoms with Crippen LogP contribution < -0.4 is 4.90 Å². The standard InChI is InChI=1S/C19H20N4O3S/c1-27(25,26)15-6-4-5-14(13-15)18(24)22-9-11-23(12-10-22)19-20-16-7-2-3-8-17(16)21-19/h2-8,13H,9-12H2,1H3,(H,20,21). The number of rotatable bonds is 3. The average molecular weight is 384 g/mol. The van der Waals surface area contributed by atoms with Gasteiger partial charge in [-0.1, -0.05) is 18.2 Å². The van der Waals surface area contributed by atoms with E-state index in [1.165, 1.54) is 12.1 Å². The Morgan fingerprint density at radius 2 is 1.78 bits per heavy atom. The van der Waals surface area contributed by atoms with E-state index in [1.807, 2.05) is 24.3 Å². The number of sulfone groups is 1. The van der Waals surface area contributed by atoms with Gasteiger partial charge in [0.2, 0.25) is 5.95 Å². The number of amides is 1. The molecule has 1 saturated heterocycles. The zero-order valence-electron chi connectivity index (χ0n) is 14.9. The predicted octanol–water partition coefficient (Wildman–Crippen LogP) is 1.93. The highest BCUT2D eigenvalue weighted by atomic mass is 32.2. The van der Waals surface area contributed by atoms with Crippen LogP contribution >= 0.6 is 0 Å². The fourth-order valence-corrected chi connectivity index (χ4v) is 3.92. The molecule has 0 unspecified atom stereocenters. The second-order valence-corrected chi connectivity index (χ2v) is 8.67. The van der Waals surface area contributed by atoms with Crippen LogP contribution in [-0.4, -0.2) is 61.6 Å². The van der Waals surface area contributed by atoms with E-state index >= 15 is 0 Å². The lowest BCUT2D eigenvalue weighted by atomic mass is 10.2. The van der Waals surface area contributed by atoms with Gasteiger partial charge in [-0.05, 0) is 30.3 Å². The molecule has 1 amide bonds. The number of hydrogen-bond donors (Lipinski definition) is 1. The number of hydrogen-bond acceptors (Lipinski definition) is 5. The van der Waals surface area contributed by atoms with E-state index in [0.29, 0.717) is 31.7 Å². The Hall–Kier alpha value is -2.87. The topological polar surface area (TPSA) is 86.4 Å². The molecule has 8 heteroatoms. The summed E-state index contributed by atoms with van der Waals surface area (Å²) in [5.74, 6) is 0.659. The summed E-state index contributed by atoms with van der Waals surface area (Å²) in [6.45, 7) is 2.44. The molecule has 1 fully saturated rings. The Morgan fingerprint density at radius 3 is 2.48 bits per heavy atom. The Balaban J connectivity index is 1.46. The molecule has 0 atom stereocenters. The maximum absolute atomic E-state index is 12.8. The highest BCUT2D eigenvalue weighted by Gasteiger charge is 2.24. The Morgan fingerprint density at radius 1 is 1.04 bits per heavy atom. The first-order valence-corrected chi connectivity index (χ1v) is 10.6. The van der Waals surface area contributed by atoms with Crippen molar-refractivity contribution in [2.45, 2.75) is 4.90 Å². The van der Waals surface area contributed by atoms with Gasteiger partial charge in [-0.25, -0.2) is 13.4 Å². The van der Waals surface area contributed by atoms with Gasteiger partial charge in [0.1, 0.15) is 0 Å². The number of aromatic nitrogens is 2. The molecule has 0 radical (unpaired) electrons. The smallest absolute Gasteiger partial charge is 0.254 e. The van der Waals surface area contributed by atoms with Crippen LogP contribution in [0.3, 0.4) is 0 Å². The first-order valence-electron chi connectivity index (χ1n) is 8.71. The van der Waals surface area contributed by atoms with Crippen molar-refractivity contribution in [1.29, 1.82) is 0 Å². The van der Waals surface area contributed by atoms with Crippen molar-refractivity contribution < 1.29 is 13.2 Å². The minimum atomic E-state index is -3.34. The third kappa shape index (κ3) is 3.52. The summed E-state index contributed by atoms with van der Waals surface area (Å²) < 4.78 is 23.4. The molecule has 0 bridgehead atoms. The molecule has 4 rings (SSSR count). The molecule has 0 spiro atoms. The molecule has 1 aliphatic rings. The lowest BCUT2D eigenvalue weighted by Gasteiger charge is -2.34. The summed E-state index contributed by atoms with van der Waals surface area (Å²) in [5, 5.41) is 0. The SMILES string of the molecule is CS(=O)(=O)c1cccc(C(=O)N2CCN(c3nc4ccccc4[nH]3)CC2)c1. The van der Waals surface area contributed by atoms with E-state index < -0.39 is 9.84 Å². The van der Waals surface area contributed by atoms with Crippen LogP contribution in [0.4, 0.5) is 5.95 Å². The average Bonchev–Trinajstić information content (AvgIpc) is 3.11. The zero-order chi connectivity index (χ0) is 19.0. The van der Waals surface area contributed by atoms with Gasteiger partial charge in [0.05, 0.1) is 15.9 Å². The van der Waals surface area contributed by atoms with E-state index in [9.17, 15) is 13.2 Å². The number of aromatic amines is 1. The Labute approximate surface area is 157 Å². The van der Waals surface area contributed by atoms with E-state index in [2.05, 4.69) is 14.9 Å². The number of carbonyl (C=O) groups excluding carboxylic acids is 1. The molecule has 2 aromatic carbocycles. The number of anilines is 1. The summed E-state index contributed by atoms with van der Waals surface area (Å²) >= 11 is 0. The Bertz CT molecular complexity index is 1070. The van der Waals surface area contributed by atoms with Crippen LogP contribution in [0.25, 0.3) is 11.0 Å². The number of nitrogens with zero attached hydrogens (tertiary/aromatic N) is 3. The number of fused-ring (bicyclic) bond motifs is 1. The molecule has 2 heterocycles. The lowest BCUT2D eigenvalue weighted by Crippen LogP contribution is -2.49. The van der Waals surface area contributed by atoms with Crippen molar-refractivity contribution >= 4 is 32.7 Å². The molecule has 3 aromatic rings. The van der Waals surface area contributed by atoms with Crippen molar-refractivity contribution in [2.24, 2.45) is 0 Å². The second kappa shape index (κ2) is 6.70. The van der Waals surface area contributed by atoms with Gasteiger partial charge < -0.3 is 14.8 Å². The highest BCUT2D eigenvalue weighted by molar-refractivity contribution is 7.90. The normalized spacial score (nSPS) is 15.3. The van der Waals surface area contributed by atoms with Gasteiger partial charge in [-0.2, -0.15) is 0 Å². The van der Waals surface area contributed by atoms with Gasteiger partial charge in [0.15, 0.2) is 9.84 Å². The first-order chi connectivity index (χ1) is 12.9. The fraction of sp³-hybridized carbons (Fsp3) is 0.263. The predicted molar refractivity (Wildman–Crippen MR) is 104 cm³/mol. The maximum Gasteiger partial charge on any atom is 0.254 e. The molecule has 140 valence electrons. The molecular formula is C19H20N4O3S. The zero-order valence-corrected chi connectivity index (χ0v) is 15.7. The summed E-state index contributed by atoms with van der Waals surface area (Å²) in [4.78, 5) is 24.7. The number of piperazine rings is 1. The van der Waals surface area contributed by atoms with Crippen LogP contribution in [0.2, 0.25) is 0 Å². The van der Waals surface area contributed by atoms with Gasteiger partial charge in [0.25, 0.3) is 5.91 Å². The monoisotopic (exact) mass is 384 g/mol. The van der Waals surface area contributed by atoms with Gasteiger partial charge >= 0.3 is 0 Å². The van der Waals surface area contributed by atoms with Crippen molar-refractivity contribution in [2.75, 3.05) is 37.3 Å². The number of carbonyl (C=O) groups is 1. The van der Waals surface area contributed by atoms with Crippen molar-refractivity contribution in [3.05, 3.63) is 54.1 Å². The minimum absolute atomic E-state index is 0.148. The Kier molecular flexibility index (Phi) is 4.35. The third-order valence-electron chi connectivity index (χ3n) is 4.75. The molecule has 1 N–H and O–H groups in total. The van der Waals surface area contributed by atoms with Crippen LogP contribution in [0, 0.1) is 0 Å². The van der Waals surface area contributed by atoms with Crippen molar-refractivity contribution in [3.8, 4) is 0 Å². The number of H-pyrrole nitrogens is 1. The minimum Gasteiger partial charge on any atom is -0.339 e. The molecular weight excluding hydrogens is 364 g/mol. The first kappa shape index (κ1) is 17.5. The molecule has 27 heavy (non-hydrogen) atoms. The summed E-state index contributed by atoms with van der Waals surface area (Å²) in [6.07, 6.45) is 1.14. The third-order valence-corrected chi connectivity index (χ3v) is 5.86. The van der Waals surface area contributed by atoms with Crippen LogP contribution in [0.5, 0.6) is 0 Å². The number of benzene rings is 2. The molecule has 7 nitrogen and oxygen atoms in total. The van der Waals surface area contributed by atoms with Crippen LogP contribution in [0.15, 0.2) is 53.4 Å². The summed E-state index contributed by atoms with van der Waals surface area (Å²) in [6, 6.07) is 14.1. The van der Waals surface area contributed by atoms with Crippen LogP contribution in [0.1, 0.15) is 10.4 Å². The lowest BCUT2D eigenvalue weighted by molar-refractivity contribution is 0.0746.